The Balaban J connectivity index is 2.40. The minimum absolute atomic E-state index is 0.384. The Morgan fingerprint density at radius 3 is 2.87 bits per heavy atom. The van der Waals surface area contributed by atoms with E-state index in [0.29, 0.717) is 21.2 Å². The minimum Gasteiger partial charge on any atom is -0.458 e. The second-order valence-corrected chi connectivity index (χ2v) is 4.16. The monoisotopic (exact) mass is 286 g/mol. The summed E-state index contributed by atoms with van der Waals surface area (Å²) in [5.41, 5.74) is 0. The Bertz CT molecular complexity index is 484. The normalized spacial score (nSPS) is 10.6. The highest BCUT2D eigenvalue weighted by atomic mass is 79.9. The van der Waals surface area contributed by atoms with Gasteiger partial charge in [0.1, 0.15) is 10.9 Å². The number of aryl methyl sites for hydroxylation is 1. The van der Waals surface area contributed by atoms with Gasteiger partial charge in [0.15, 0.2) is 11.6 Å². The smallest absolute Gasteiger partial charge is 0.197 e. The summed E-state index contributed by atoms with van der Waals surface area (Å²) < 4.78 is 6.19. The molecular formula is C10H8BrClN2O. The highest BCUT2D eigenvalue weighted by Crippen LogP contribution is 2.24. The summed E-state index contributed by atoms with van der Waals surface area (Å²) in [5, 5.41) is 0.384. The van der Waals surface area contributed by atoms with Crippen LogP contribution in [-0.2, 0) is 6.42 Å². The van der Waals surface area contributed by atoms with Gasteiger partial charge in [0.05, 0.1) is 4.47 Å². The largest absolute Gasteiger partial charge is 0.458 e. The van der Waals surface area contributed by atoms with E-state index in [1.165, 1.54) is 0 Å². The maximum Gasteiger partial charge on any atom is 0.197 e. The molecule has 15 heavy (non-hydrogen) atoms. The summed E-state index contributed by atoms with van der Waals surface area (Å²) in [6.07, 6.45) is 2.46. The van der Waals surface area contributed by atoms with Crippen molar-refractivity contribution in [3.63, 3.8) is 0 Å². The average Bonchev–Trinajstić information content (AvgIpc) is 2.70. The van der Waals surface area contributed by atoms with Crippen molar-refractivity contribution in [1.82, 2.24) is 9.97 Å². The van der Waals surface area contributed by atoms with Gasteiger partial charge >= 0.3 is 0 Å². The highest BCUT2D eigenvalue weighted by molar-refractivity contribution is 9.10. The molecule has 0 saturated heterocycles. The first-order valence-electron chi connectivity index (χ1n) is 4.48. The Morgan fingerprint density at radius 2 is 2.27 bits per heavy atom. The molecule has 0 fully saturated rings. The molecule has 2 rings (SSSR count). The lowest BCUT2D eigenvalue weighted by Crippen LogP contribution is -1.88. The van der Waals surface area contributed by atoms with Gasteiger partial charge in [-0.25, -0.2) is 9.97 Å². The van der Waals surface area contributed by atoms with Crippen molar-refractivity contribution < 1.29 is 4.42 Å². The molecule has 0 aliphatic carbocycles. The lowest BCUT2D eigenvalue weighted by Gasteiger charge is -1.97. The molecule has 0 bridgehead atoms. The second-order valence-electron chi connectivity index (χ2n) is 2.95. The zero-order valence-electron chi connectivity index (χ0n) is 8.00. The molecule has 2 aromatic heterocycles. The summed E-state index contributed by atoms with van der Waals surface area (Å²) in [6, 6.07) is 3.76. The van der Waals surface area contributed by atoms with E-state index in [9.17, 15) is 0 Å². The molecular weight excluding hydrogens is 279 g/mol. The van der Waals surface area contributed by atoms with Crippen molar-refractivity contribution in [2.24, 2.45) is 0 Å². The molecule has 0 aromatic carbocycles. The van der Waals surface area contributed by atoms with Gasteiger partial charge in [-0.3, -0.25) is 0 Å². The average molecular weight is 288 g/mol. The third-order valence-corrected chi connectivity index (χ3v) is 3.03. The van der Waals surface area contributed by atoms with E-state index in [0.717, 1.165) is 12.2 Å². The van der Waals surface area contributed by atoms with Gasteiger partial charge in [-0.2, -0.15) is 0 Å². The van der Waals surface area contributed by atoms with Gasteiger partial charge in [-0.05, 0) is 28.1 Å². The zero-order chi connectivity index (χ0) is 10.8. The molecule has 5 heteroatoms. The molecule has 78 valence electrons. The number of furan rings is 1. The fraction of sp³-hybridized carbons (Fsp3) is 0.200. The van der Waals surface area contributed by atoms with Crippen molar-refractivity contribution in [1.29, 1.82) is 0 Å². The first-order chi connectivity index (χ1) is 7.20. The van der Waals surface area contributed by atoms with E-state index in [1.54, 1.807) is 6.20 Å². The van der Waals surface area contributed by atoms with E-state index in [4.69, 9.17) is 16.0 Å². The molecule has 2 heterocycles. The van der Waals surface area contributed by atoms with Gasteiger partial charge < -0.3 is 4.42 Å². The van der Waals surface area contributed by atoms with Gasteiger partial charge in [0.25, 0.3) is 0 Å². The third kappa shape index (κ3) is 2.21. The lowest BCUT2D eigenvalue weighted by molar-refractivity contribution is 0.525. The maximum atomic E-state index is 5.86. The van der Waals surface area contributed by atoms with Crippen molar-refractivity contribution in [2.75, 3.05) is 0 Å². The molecule has 3 nitrogen and oxygen atoms in total. The molecule has 0 aliphatic rings. The standard InChI is InChI=1S/C10H8BrClN2O/c1-2-6-3-4-8(15-6)10-13-5-7(11)9(12)14-10/h3-5H,2H2,1H3. The van der Waals surface area contributed by atoms with Crippen LogP contribution in [0.1, 0.15) is 12.7 Å². The predicted octanol–water partition coefficient (Wildman–Crippen LogP) is 3.71. The summed E-state index contributed by atoms with van der Waals surface area (Å²) in [4.78, 5) is 8.23. The number of rotatable bonds is 2. The molecule has 0 aliphatic heterocycles. The van der Waals surface area contributed by atoms with Crippen LogP contribution in [0.15, 0.2) is 27.2 Å². The number of halogens is 2. The Morgan fingerprint density at radius 1 is 1.47 bits per heavy atom. The summed E-state index contributed by atoms with van der Waals surface area (Å²) >= 11 is 9.10. The summed E-state index contributed by atoms with van der Waals surface area (Å²) in [7, 11) is 0. The van der Waals surface area contributed by atoms with Crippen LogP contribution in [-0.4, -0.2) is 9.97 Å². The van der Waals surface area contributed by atoms with Crippen LogP contribution in [0.25, 0.3) is 11.6 Å². The van der Waals surface area contributed by atoms with Crippen molar-refractivity contribution >= 4 is 27.5 Å². The van der Waals surface area contributed by atoms with Crippen LogP contribution in [0.4, 0.5) is 0 Å². The quantitative estimate of drug-likeness (QED) is 0.790. The van der Waals surface area contributed by atoms with Crippen LogP contribution in [0, 0.1) is 0 Å². The Labute approximate surface area is 101 Å². The molecule has 0 radical (unpaired) electrons. The second kappa shape index (κ2) is 4.33. The van der Waals surface area contributed by atoms with Crippen LogP contribution >= 0.6 is 27.5 Å². The molecule has 0 spiro atoms. The molecule has 0 N–H and O–H groups in total. The molecule has 0 amide bonds. The third-order valence-electron chi connectivity index (χ3n) is 1.93. The molecule has 0 saturated carbocycles. The van der Waals surface area contributed by atoms with Gasteiger partial charge in [-0.15, -0.1) is 0 Å². The van der Waals surface area contributed by atoms with E-state index in [1.807, 2.05) is 19.1 Å². The van der Waals surface area contributed by atoms with Crippen molar-refractivity contribution in [2.45, 2.75) is 13.3 Å². The summed E-state index contributed by atoms with van der Waals surface area (Å²) in [6.45, 7) is 2.03. The van der Waals surface area contributed by atoms with Gasteiger partial charge in [0.2, 0.25) is 0 Å². The molecule has 0 atom stereocenters. The van der Waals surface area contributed by atoms with Gasteiger partial charge in [-0.1, -0.05) is 18.5 Å². The summed E-state index contributed by atoms with van der Waals surface area (Å²) in [5.74, 6) is 2.05. The lowest BCUT2D eigenvalue weighted by atomic mass is 10.3. The number of hydrogen-bond donors (Lipinski definition) is 0. The van der Waals surface area contributed by atoms with Crippen LogP contribution in [0.3, 0.4) is 0 Å². The fourth-order valence-electron chi connectivity index (χ4n) is 1.15. The zero-order valence-corrected chi connectivity index (χ0v) is 10.3. The molecule has 2 aromatic rings. The van der Waals surface area contributed by atoms with E-state index >= 15 is 0 Å². The predicted molar refractivity (Wildman–Crippen MR) is 61.8 cm³/mol. The van der Waals surface area contributed by atoms with E-state index in [2.05, 4.69) is 25.9 Å². The number of nitrogens with zero attached hydrogens (tertiary/aromatic N) is 2. The number of aromatic nitrogens is 2. The van der Waals surface area contributed by atoms with E-state index < -0.39 is 0 Å². The topological polar surface area (TPSA) is 38.9 Å². The first kappa shape index (κ1) is 10.6. The fourth-order valence-corrected chi connectivity index (χ4v) is 1.47. The van der Waals surface area contributed by atoms with Crippen LogP contribution in [0.2, 0.25) is 5.15 Å². The van der Waals surface area contributed by atoms with Crippen LogP contribution in [0.5, 0.6) is 0 Å². The first-order valence-corrected chi connectivity index (χ1v) is 5.65. The minimum atomic E-state index is 0.384. The number of hydrogen-bond acceptors (Lipinski definition) is 3. The maximum absolute atomic E-state index is 5.86. The van der Waals surface area contributed by atoms with Gasteiger partial charge in [0, 0.05) is 12.6 Å². The molecule has 0 unspecified atom stereocenters. The highest BCUT2D eigenvalue weighted by Gasteiger charge is 2.08. The Kier molecular flexibility index (Phi) is 3.07. The van der Waals surface area contributed by atoms with Crippen molar-refractivity contribution in [3.8, 4) is 11.6 Å². The van der Waals surface area contributed by atoms with Crippen LogP contribution < -0.4 is 0 Å². The Hall–Kier alpha value is -0.870. The van der Waals surface area contributed by atoms with E-state index in [-0.39, 0.29) is 0 Å². The van der Waals surface area contributed by atoms with Crippen molar-refractivity contribution in [3.05, 3.63) is 33.7 Å². The SMILES string of the molecule is CCc1ccc(-c2ncc(Br)c(Cl)n2)o1.